The van der Waals surface area contributed by atoms with Gasteiger partial charge < -0.3 is 9.47 Å². The Balaban J connectivity index is 3.59. The third kappa shape index (κ3) is 5.29. The number of carbonyl (C=O) groups is 2. The van der Waals surface area contributed by atoms with Gasteiger partial charge in [-0.3, -0.25) is 0 Å². The predicted octanol–water partition coefficient (Wildman–Crippen LogP) is 3.55. The summed E-state index contributed by atoms with van der Waals surface area (Å²) in [4.78, 5) is 23.8. The average molecular weight is 366 g/mol. The molecule has 0 saturated heterocycles. The van der Waals surface area contributed by atoms with Crippen LogP contribution in [0.1, 0.15) is 41.7 Å². The Morgan fingerprint density at radius 2 is 1.26 bits per heavy atom. The Hall–Kier alpha value is -3.38. The molecular weight excluding hydrogens is 344 g/mol. The van der Waals surface area contributed by atoms with E-state index in [1.807, 2.05) is 32.1 Å². The third-order valence-electron chi connectivity index (χ3n) is 3.90. The molecule has 0 saturated carbocycles. The Morgan fingerprint density at radius 3 is 1.56 bits per heavy atom. The summed E-state index contributed by atoms with van der Waals surface area (Å²) >= 11 is 0. The summed E-state index contributed by atoms with van der Waals surface area (Å²) in [6.45, 7) is 9.18. The first kappa shape index (κ1) is 21.7. The molecule has 0 atom stereocenters. The van der Waals surface area contributed by atoms with Gasteiger partial charge in [-0.2, -0.15) is 10.5 Å². The lowest BCUT2D eigenvalue weighted by Gasteiger charge is -2.14. The normalized spacial score (nSPS) is 11.4. The second kappa shape index (κ2) is 9.94. The van der Waals surface area contributed by atoms with Crippen molar-refractivity contribution < 1.29 is 19.1 Å². The number of nitrogens with zero attached hydrogens (tertiary/aromatic N) is 2. The van der Waals surface area contributed by atoms with Crippen LogP contribution in [0.25, 0.3) is 12.2 Å². The van der Waals surface area contributed by atoms with Crippen molar-refractivity contribution in [1.82, 2.24) is 0 Å². The van der Waals surface area contributed by atoms with Crippen molar-refractivity contribution in [1.29, 1.82) is 10.5 Å². The van der Waals surface area contributed by atoms with Crippen molar-refractivity contribution in [2.45, 2.75) is 34.6 Å². The number of benzene rings is 1. The van der Waals surface area contributed by atoms with E-state index < -0.39 is 11.9 Å². The number of carbonyl (C=O) groups excluding carboxylic acids is 2. The quantitative estimate of drug-likeness (QED) is 0.433. The Labute approximate surface area is 159 Å². The summed E-state index contributed by atoms with van der Waals surface area (Å²) in [6.07, 6.45) is 2.94. The van der Waals surface area contributed by atoms with Gasteiger partial charge in [-0.25, -0.2) is 9.59 Å². The molecule has 0 aromatic heterocycles. The van der Waals surface area contributed by atoms with Crippen LogP contribution in [0.15, 0.2) is 17.2 Å². The fourth-order valence-electron chi connectivity index (χ4n) is 2.64. The van der Waals surface area contributed by atoms with Crippen LogP contribution < -0.4 is 0 Å². The van der Waals surface area contributed by atoms with Crippen LogP contribution >= 0.6 is 0 Å². The van der Waals surface area contributed by atoms with Gasteiger partial charge in [-0.1, -0.05) is 6.07 Å². The van der Waals surface area contributed by atoms with E-state index in [0.29, 0.717) is 11.1 Å². The minimum atomic E-state index is -0.694. The first-order valence-electron chi connectivity index (χ1n) is 8.49. The number of hydrogen-bond acceptors (Lipinski definition) is 6. The maximum atomic E-state index is 11.9. The minimum absolute atomic E-state index is 0.118. The van der Waals surface area contributed by atoms with Crippen LogP contribution in [0.2, 0.25) is 0 Å². The second-order valence-corrected chi connectivity index (χ2v) is 5.74. The third-order valence-corrected chi connectivity index (χ3v) is 3.90. The molecule has 6 heteroatoms. The number of ether oxygens (including phenoxy) is 2. The highest BCUT2D eigenvalue weighted by atomic mass is 16.5. The van der Waals surface area contributed by atoms with Crippen molar-refractivity contribution in [3.8, 4) is 12.1 Å². The highest BCUT2D eigenvalue weighted by Gasteiger charge is 2.16. The fourth-order valence-corrected chi connectivity index (χ4v) is 2.64. The molecule has 27 heavy (non-hydrogen) atoms. The molecule has 140 valence electrons. The zero-order valence-electron chi connectivity index (χ0n) is 16.2. The van der Waals surface area contributed by atoms with Gasteiger partial charge in [0.1, 0.15) is 23.3 Å². The van der Waals surface area contributed by atoms with Crippen LogP contribution in [0, 0.1) is 43.4 Å². The molecule has 0 radical (unpaired) electrons. The van der Waals surface area contributed by atoms with Gasteiger partial charge in [0.25, 0.3) is 0 Å². The molecule has 0 bridgehead atoms. The Morgan fingerprint density at radius 1 is 0.889 bits per heavy atom. The van der Waals surface area contributed by atoms with Gasteiger partial charge in [-0.15, -0.1) is 0 Å². The minimum Gasteiger partial charge on any atom is -0.462 e. The van der Waals surface area contributed by atoms with Crippen LogP contribution in [0.3, 0.4) is 0 Å². The zero-order valence-corrected chi connectivity index (χ0v) is 16.2. The highest BCUT2D eigenvalue weighted by Crippen LogP contribution is 2.27. The maximum absolute atomic E-state index is 11.9. The van der Waals surface area contributed by atoms with Gasteiger partial charge in [-0.05, 0) is 74.6 Å². The van der Waals surface area contributed by atoms with E-state index in [-0.39, 0.29) is 24.4 Å². The number of nitriles is 2. The maximum Gasteiger partial charge on any atom is 0.348 e. The average Bonchev–Trinajstić information content (AvgIpc) is 2.62. The molecule has 0 unspecified atom stereocenters. The van der Waals surface area contributed by atoms with E-state index >= 15 is 0 Å². The highest BCUT2D eigenvalue weighted by molar-refractivity contribution is 6.00. The monoisotopic (exact) mass is 366 g/mol. The van der Waals surface area contributed by atoms with Crippen molar-refractivity contribution >= 4 is 24.1 Å². The predicted molar refractivity (Wildman–Crippen MR) is 101 cm³/mol. The van der Waals surface area contributed by atoms with Gasteiger partial charge in [0, 0.05) is 0 Å². The smallest absolute Gasteiger partial charge is 0.348 e. The SMILES string of the molecule is CCOC(=O)/C(C#N)=C\c1c(C)cc(C)c(/C=C(/C#N)C(=O)OCC)c1C. The molecule has 0 aliphatic rings. The first-order valence-corrected chi connectivity index (χ1v) is 8.49. The van der Waals surface area contributed by atoms with E-state index in [2.05, 4.69) is 0 Å². The van der Waals surface area contributed by atoms with Crippen molar-refractivity contribution in [3.63, 3.8) is 0 Å². The topological polar surface area (TPSA) is 100 Å². The van der Waals surface area contributed by atoms with Crippen molar-refractivity contribution in [2.75, 3.05) is 13.2 Å². The molecule has 0 amide bonds. The second-order valence-electron chi connectivity index (χ2n) is 5.74. The number of hydrogen-bond donors (Lipinski definition) is 0. The molecule has 0 aliphatic heterocycles. The lowest BCUT2D eigenvalue weighted by atomic mass is 9.91. The van der Waals surface area contributed by atoms with Crippen LogP contribution in [-0.2, 0) is 19.1 Å². The van der Waals surface area contributed by atoms with Gasteiger partial charge in [0.15, 0.2) is 0 Å². The van der Waals surface area contributed by atoms with Gasteiger partial charge in [0.05, 0.1) is 13.2 Å². The summed E-state index contributed by atoms with van der Waals surface area (Å²) in [7, 11) is 0. The van der Waals surface area contributed by atoms with E-state index in [9.17, 15) is 20.1 Å². The lowest BCUT2D eigenvalue weighted by molar-refractivity contribution is -0.138. The summed E-state index contributed by atoms with van der Waals surface area (Å²) in [5.41, 5.74) is 3.54. The Bertz CT molecular complexity index is 826. The largest absolute Gasteiger partial charge is 0.462 e. The van der Waals surface area contributed by atoms with Crippen LogP contribution in [0.4, 0.5) is 0 Å². The molecular formula is C21H22N2O4. The lowest BCUT2D eigenvalue weighted by Crippen LogP contribution is -2.08. The van der Waals surface area contributed by atoms with Gasteiger partial charge >= 0.3 is 11.9 Å². The molecule has 0 N–H and O–H groups in total. The fraction of sp³-hybridized carbons (Fsp3) is 0.333. The van der Waals surface area contributed by atoms with Crippen LogP contribution in [-0.4, -0.2) is 25.2 Å². The summed E-state index contributed by atoms with van der Waals surface area (Å²) in [5.74, 6) is -1.39. The van der Waals surface area contributed by atoms with Crippen LogP contribution in [0.5, 0.6) is 0 Å². The first-order chi connectivity index (χ1) is 12.8. The summed E-state index contributed by atoms with van der Waals surface area (Å²) in [6, 6.07) is 5.58. The van der Waals surface area contributed by atoms with Crippen molar-refractivity contribution in [2.24, 2.45) is 0 Å². The number of esters is 2. The molecule has 0 spiro atoms. The van der Waals surface area contributed by atoms with E-state index in [1.54, 1.807) is 20.8 Å². The molecule has 0 aliphatic carbocycles. The summed E-state index contributed by atoms with van der Waals surface area (Å²) in [5, 5.41) is 18.5. The standard InChI is InChI=1S/C21H22N2O4/c1-6-26-20(24)16(11-22)9-18-13(3)8-14(4)19(15(18)5)10-17(12-23)21(25)27-7-2/h8-10H,6-7H2,1-5H3/b16-9-,17-10-. The molecule has 1 aromatic carbocycles. The molecule has 0 heterocycles. The zero-order chi connectivity index (χ0) is 20.6. The molecule has 1 aromatic rings. The summed E-state index contributed by atoms with van der Waals surface area (Å²) < 4.78 is 9.79. The molecule has 0 fully saturated rings. The van der Waals surface area contributed by atoms with E-state index in [4.69, 9.17) is 9.47 Å². The number of aryl methyl sites for hydroxylation is 2. The van der Waals surface area contributed by atoms with E-state index in [0.717, 1.165) is 16.7 Å². The molecule has 1 rings (SSSR count). The molecule has 6 nitrogen and oxygen atoms in total. The number of rotatable bonds is 6. The van der Waals surface area contributed by atoms with E-state index in [1.165, 1.54) is 12.2 Å². The Kier molecular flexibility index (Phi) is 7.97. The van der Waals surface area contributed by atoms with Gasteiger partial charge in [0.2, 0.25) is 0 Å². The van der Waals surface area contributed by atoms with Crippen molar-refractivity contribution in [3.05, 3.63) is 45.0 Å².